The van der Waals surface area contributed by atoms with E-state index >= 15 is 0 Å². The second-order valence-electron chi connectivity index (χ2n) is 17.6. The van der Waals surface area contributed by atoms with Crippen molar-refractivity contribution in [2.24, 2.45) is 0 Å². The Kier molecular flexibility index (Phi) is 8.79. The minimum atomic E-state index is 0.847. The van der Waals surface area contributed by atoms with Crippen molar-refractivity contribution in [2.45, 2.75) is 0 Å². The van der Waals surface area contributed by atoms with Crippen LogP contribution in [0.25, 0.3) is 127 Å². The Morgan fingerprint density at radius 1 is 0.348 bits per heavy atom. The van der Waals surface area contributed by atoms with Crippen LogP contribution in [0.2, 0.25) is 0 Å². The molecule has 0 unspecified atom stereocenters. The van der Waals surface area contributed by atoms with Crippen molar-refractivity contribution in [3.8, 4) is 61.8 Å². The molecule has 0 saturated heterocycles. The summed E-state index contributed by atoms with van der Waals surface area (Å²) in [7, 11) is 0. The summed E-state index contributed by atoms with van der Waals surface area (Å²) >= 11 is 0. The normalized spacial score (nSPS) is 11.8. The fraction of sp³-hybridized carbons (Fsp3) is 0. The van der Waals surface area contributed by atoms with Gasteiger partial charge in [-0.1, -0.05) is 109 Å². The zero-order valence-corrected chi connectivity index (χ0v) is 37.2. The lowest BCUT2D eigenvalue weighted by Crippen LogP contribution is -2.29. The van der Waals surface area contributed by atoms with E-state index in [1.54, 1.807) is 0 Å². The first-order valence-electron chi connectivity index (χ1n) is 23.3. The Morgan fingerprint density at radius 3 is 1.54 bits per heavy atom. The molecule has 322 valence electrons. The van der Waals surface area contributed by atoms with Gasteiger partial charge in [-0.25, -0.2) is 0 Å². The van der Waals surface area contributed by atoms with Crippen LogP contribution in [0.5, 0.6) is 0 Å². The van der Waals surface area contributed by atoms with Crippen LogP contribution < -0.4 is 4.57 Å². The van der Waals surface area contributed by atoms with Gasteiger partial charge in [0.2, 0.25) is 5.69 Å². The van der Waals surface area contributed by atoms with Gasteiger partial charge in [-0.15, -0.1) is 0 Å². The molecule has 8 aromatic carbocycles. The molecule has 0 atom stereocenters. The lowest BCUT2D eigenvalue weighted by atomic mass is 9.94. The number of hydrogen-bond donors (Lipinski definition) is 0. The summed E-state index contributed by atoms with van der Waals surface area (Å²) in [5, 5.41) is 6.85. The number of hydrogen-bond acceptors (Lipinski definition) is 3. The molecule has 0 bridgehead atoms. The highest BCUT2D eigenvalue weighted by molar-refractivity contribution is 6.13. The summed E-state index contributed by atoms with van der Waals surface area (Å²) < 4.78 is 13.5. The number of fused-ring (bicyclic) bond motifs is 9. The average molecular weight is 883 g/mol. The highest BCUT2D eigenvalue weighted by Crippen LogP contribution is 2.42. The maximum absolute atomic E-state index is 6.56. The Balaban J connectivity index is 0.944. The van der Waals surface area contributed by atoms with Gasteiger partial charge in [0, 0.05) is 80.0 Å². The molecule has 0 aliphatic carbocycles. The van der Waals surface area contributed by atoms with Crippen LogP contribution in [0.1, 0.15) is 0 Å². The zero-order valence-electron chi connectivity index (χ0n) is 37.2. The maximum atomic E-state index is 6.56. The first kappa shape index (κ1) is 38.8. The summed E-state index contributed by atoms with van der Waals surface area (Å²) in [6.45, 7) is 0. The molecule has 0 fully saturated rings. The van der Waals surface area contributed by atoms with Crippen LogP contribution in [-0.4, -0.2) is 19.1 Å². The van der Waals surface area contributed by atoms with Crippen LogP contribution in [0, 0.1) is 0 Å². The van der Waals surface area contributed by atoms with E-state index < -0.39 is 0 Å². The van der Waals surface area contributed by atoms with E-state index in [1.807, 2.05) is 36.7 Å². The first-order chi connectivity index (χ1) is 34.2. The van der Waals surface area contributed by atoms with Gasteiger partial charge >= 0.3 is 0 Å². The topological polar surface area (TPSA) is 52.7 Å². The van der Waals surface area contributed by atoms with Crippen molar-refractivity contribution in [1.29, 1.82) is 0 Å². The average Bonchev–Trinajstić information content (AvgIpc) is 4.08. The van der Waals surface area contributed by atoms with Crippen molar-refractivity contribution in [1.82, 2.24) is 19.1 Å². The van der Waals surface area contributed by atoms with Crippen molar-refractivity contribution in [3.05, 3.63) is 243 Å². The van der Waals surface area contributed by atoms with Crippen LogP contribution in [-0.2, 0) is 0 Å². The summed E-state index contributed by atoms with van der Waals surface area (Å²) in [4.78, 5) is 9.50. The largest absolute Gasteiger partial charge is 0.456 e. The molecule has 6 heterocycles. The summed E-state index contributed by atoms with van der Waals surface area (Å²) in [6.07, 6.45) is 8.15. The SMILES string of the molecule is c1ccc(-n2c3ccccc3c3c[n+](-c4ccc5oc6ccc(-n7c8ccc(-c9ccccc9-c9ccccn9)cc8c8cc(-c9ccccc9-c9ccccn9)ccc87)cc6c5c4)ccc32)cc1. The summed E-state index contributed by atoms with van der Waals surface area (Å²) in [5.41, 5.74) is 18.2. The molecule has 6 nitrogen and oxygen atoms in total. The van der Waals surface area contributed by atoms with Crippen molar-refractivity contribution < 1.29 is 8.98 Å². The molecule has 14 aromatic rings. The van der Waals surface area contributed by atoms with Gasteiger partial charge in [0.1, 0.15) is 11.2 Å². The van der Waals surface area contributed by atoms with Crippen molar-refractivity contribution >= 4 is 65.6 Å². The number of furan rings is 1. The molecule has 0 saturated carbocycles. The number of aromatic nitrogens is 5. The summed E-state index contributed by atoms with van der Waals surface area (Å²) in [6, 6.07) is 77.6. The highest BCUT2D eigenvalue weighted by Gasteiger charge is 2.21. The monoisotopic (exact) mass is 882 g/mol. The third-order valence-electron chi connectivity index (χ3n) is 13.7. The van der Waals surface area contributed by atoms with Crippen LogP contribution in [0.15, 0.2) is 248 Å². The molecule has 0 N–H and O–H groups in total. The zero-order chi connectivity index (χ0) is 45.4. The highest BCUT2D eigenvalue weighted by atomic mass is 16.3. The van der Waals surface area contributed by atoms with E-state index in [0.29, 0.717) is 0 Å². The van der Waals surface area contributed by atoms with Gasteiger partial charge in [0.25, 0.3) is 0 Å². The smallest absolute Gasteiger partial charge is 0.211 e. The van der Waals surface area contributed by atoms with E-state index in [1.165, 1.54) is 21.8 Å². The minimum absolute atomic E-state index is 0.847. The molecular formula is C63H40N5O+. The third kappa shape index (κ3) is 6.30. The number of nitrogens with zero attached hydrogens (tertiary/aromatic N) is 5. The fourth-order valence-electron chi connectivity index (χ4n) is 10.6. The second kappa shape index (κ2) is 15.6. The predicted molar refractivity (Wildman–Crippen MR) is 281 cm³/mol. The molecule has 0 spiro atoms. The number of benzene rings is 8. The van der Waals surface area contributed by atoms with E-state index in [4.69, 9.17) is 14.4 Å². The lowest BCUT2D eigenvalue weighted by Gasteiger charge is -2.11. The lowest BCUT2D eigenvalue weighted by molar-refractivity contribution is -0.594. The Labute approximate surface area is 396 Å². The van der Waals surface area contributed by atoms with Crippen molar-refractivity contribution in [3.63, 3.8) is 0 Å². The van der Waals surface area contributed by atoms with E-state index in [2.05, 4.69) is 220 Å². The molecule has 6 aromatic heterocycles. The molecule has 69 heavy (non-hydrogen) atoms. The third-order valence-corrected chi connectivity index (χ3v) is 13.7. The quantitative estimate of drug-likeness (QED) is 0.150. The molecule has 0 aliphatic rings. The number of rotatable bonds is 7. The molecule has 14 rings (SSSR count). The Hall–Kier alpha value is -9.39. The molecule has 0 aliphatic heterocycles. The van der Waals surface area contributed by atoms with Crippen LogP contribution >= 0.6 is 0 Å². The van der Waals surface area contributed by atoms with E-state index in [9.17, 15) is 0 Å². The van der Waals surface area contributed by atoms with Gasteiger partial charge in [-0.2, -0.15) is 4.57 Å². The second-order valence-corrected chi connectivity index (χ2v) is 17.6. The first-order valence-corrected chi connectivity index (χ1v) is 23.3. The molecular weight excluding hydrogens is 843 g/mol. The van der Waals surface area contributed by atoms with E-state index in [-0.39, 0.29) is 0 Å². The Bertz CT molecular complexity index is 4160. The van der Waals surface area contributed by atoms with Gasteiger partial charge < -0.3 is 13.6 Å². The van der Waals surface area contributed by atoms with Gasteiger partial charge in [0.05, 0.1) is 38.8 Å². The number of pyridine rings is 3. The minimum Gasteiger partial charge on any atom is -0.456 e. The standard InChI is InChI=1S/C63H40N5O/c1-2-14-43(15-3-1)67-58-23-9-8-20-50(58)55-40-66(35-32-61(55)67)44-26-30-62-53(38-44)54-39-45(27-31-63(54)69-62)68-59-28-24-41(46-16-4-6-18-48(46)56-21-10-12-33-64-56)36-51(59)52-37-42(25-29-60(52)68)47-17-5-7-19-49(47)57-22-11-13-34-65-57/h1-40H/q+1. The van der Waals surface area contributed by atoms with Gasteiger partial charge in [0.15, 0.2) is 12.4 Å². The molecule has 0 amide bonds. The van der Waals surface area contributed by atoms with Gasteiger partial charge in [-0.3, -0.25) is 9.97 Å². The van der Waals surface area contributed by atoms with Gasteiger partial charge in [-0.05, 0) is 113 Å². The number of para-hydroxylation sites is 2. The van der Waals surface area contributed by atoms with Crippen molar-refractivity contribution in [2.75, 3.05) is 0 Å². The summed E-state index contributed by atoms with van der Waals surface area (Å²) in [5.74, 6) is 0. The maximum Gasteiger partial charge on any atom is 0.211 e. The van der Waals surface area contributed by atoms with Crippen LogP contribution in [0.4, 0.5) is 0 Å². The van der Waals surface area contributed by atoms with Crippen LogP contribution in [0.3, 0.4) is 0 Å². The predicted octanol–water partition coefficient (Wildman–Crippen LogP) is 15.5. The molecule has 0 radical (unpaired) electrons. The fourth-order valence-corrected chi connectivity index (χ4v) is 10.6. The molecule has 6 heteroatoms. The van der Waals surface area contributed by atoms with E-state index in [0.717, 1.165) is 106 Å². The Morgan fingerprint density at radius 2 is 0.884 bits per heavy atom.